The summed E-state index contributed by atoms with van der Waals surface area (Å²) in [4.78, 5) is 8.70. The van der Waals surface area contributed by atoms with Crippen LogP contribution in [-0.4, -0.2) is 9.97 Å². The Balaban J connectivity index is 2.16. The lowest BCUT2D eigenvalue weighted by Crippen LogP contribution is -2.10. The van der Waals surface area contributed by atoms with Crippen LogP contribution in [-0.2, 0) is 0 Å². The van der Waals surface area contributed by atoms with E-state index in [9.17, 15) is 0 Å². The molecule has 0 aliphatic carbocycles. The van der Waals surface area contributed by atoms with E-state index >= 15 is 0 Å². The molecule has 0 bridgehead atoms. The van der Waals surface area contributed by atoms with Crippen LogP contribution in [0.3, 0.4) is 0 Å². The normalized spacial score (nSPS) is 12.4. The minimum Gasteiger partial charge on any atom is -0.361 e. The Morgan fingerprint density at radius 2 is 2.29 bits per heavy atom. The van der Waals surface area contributed by atoms with Crippen molar-refractivity contribution in [2.24, 2.45) is 0 Å². The molecule has 3 nitrogen and oxygen atoms in total. The fraction of sp³-hybridized carbons (Fsp3) is 0.333. The molecule has 0 aliphatic rings. The van der Waals surface area contributed by atoms with E-state index in [4.69, 9.17) is 0 Å². The lowest BCUT2D eigenvalue weighted by molar-refractivity contribution is 0.737. The molecule has 2 aromatic heterocycles. The van der Waals surface area contributed by atoms with Crippen molar-refractivity contribution in [3.63, 3.8) is 0 Å². The van der Waals surface area contributed by atoms with Crippen LogP contribution in [0, 0.1) is 6.92 Å². The number of thiazole rings is 1. The number of aromatic nitrogens is 2. The first-order valence-electron chi connectivity index (χ1n) is 5.48. The molecule has 1 N–H and O–H groups in total. The number of halogens is 1. The van der Waals surface area contributed by atoms with E-state index in [-0.39, 0.29) is 6.04 Å². The highest BCUT2D eigenvalue weighted by Gasteiger charge is 2.12. The molecule has 1 unspecified atom stereocenters. The zero-order chi connectivity index (χ0) is 12.3. The fourth-order valence-corrected chi connectivity index (χ4v) is 2.53. The van der Waals surface area contributed by atoms with Gasteiger partial charge in [0.25, 0.3) is 0 Å². The Morgan fingerprint density at radius 3 is 2.88 bits per heavy atom. The summed E-state index contributed by atoms with van der Waals surface area (Å²) in [5, 5.41) is 6.52. The van der Waals surface area contributed by atoms with Gasteiger partial charge in [-0.25, -0.2) is 9.97 Å². The van der Waals surface area contributed by atoms with Crippen molar-refractivity contribution < 1.29 is 0 Å². The number of nitrogens with zero attached hydrogens (tertiary/aromatic N) is 2. The topological polar surface area (TPSA) is 37.8 Å². The average Bonchev–Trinajstić information content (AvgIpc) is 2.84. The monoisotopic (exact) mass is 311 g/mol. The minimum absolute atomic E-state index is 0.239. The molecule has 2 aromatic rings. The number of anilines is 1. The molecule has 0 fully saturated rings. The molecular weight excluding hydrogens is 298 g/mol. The first-order valence-corrected chi connectivity index (χ1v) is 7.16. The summed E-state index contributed by atoms with van der Waals surface area (Å²) < 4.78 is 1.03. The standard InChI is InChI=1S/C12H14BrN3S/c1-3-10(12-14-4-5-17-12)16-11-6-8(2)9(13)7-15-11/h4-7,10H,3H2,1-2H3,(H,15,16). The van der Waals surface area contributed by atoms with Gasteiger partial charge in [-0.15, -0.1) is 11.3 Å². The van der Waals surface area contributed by atoms with Crippen molar-refractivity contribution in [3.8, 4) is 0 Å². The molecule has 0 aromatic carbocycles. The summed E-state index contributed by atoms with van der Waals surface area (Å²) in [5.41, 5.74) is 1.18. The van der Waals surface area contributed by atoms with Crippen LogP contribution in [0.4, 0.5) is 5.82 Å². The first-order chi connectivity index (χ1) is 8.20. The summed E-state index contributed by atoms with van der Waals surface area (Å²) in [7, 11) is 0. The molecule has 2 rings (SSSR count). The highest BCUT2D eigenvalue weighted by atomic mass is 79.9. The van der Waals surface area contributed by atoms with Gasteiger partial charge in [0.1, 0.15) is 10.8 Å². The highest BCUT2D eigenvalue weighted by molar-refractivity contribution is 9.10. The zero-order valence-electron chi connectivity index (χ0n) is 9.77. The minimum atomic E-state index is 0.239. The van der Waals surface area contributed by atoms with Crippen LogP contribution in [0.2, 0.25) is 0 Å². The first kappa shape index (κ1) is 12.5. The molecule has 0 aliphatic heterocycles. The Morgan fingerprint density at radius 1 is 1.47 bits per heavy atom. The number of hydrogen-bond donors (Lipinski definition) is 1. The molecule has 90 valence electrons. The summed E-state index contributed by atoms with van der Waals surface area (Å²) >= 11 is 5.12. The molecular formula is C12H14BrN3S. The van der Waals surface area contributed by atoms with Crippen LogP contribution in [0.1, 0.15) is 30.0 Å². The lowest BCUT2D eigenvalue weighted by atomic mass is 10.2. The van der Waals surface area contributed by atoms with E-state index in [2.05, 4.69) is 45.1 Å². The Bertz CT molecular complexity index is 485. The molecule has 2 heterocycles. The number of rotatable bonds is 4. The average molecular weight is 312 g/mol. The van der Waals surface area contributed by atoms with Crippen molar-refractivity contribution >= 4 is 33.1 Å². The van der Waals surface area contributed by atoms with Gasteiger partial charge < -0.3 is 5.32 Å². The molecule has 0 saturated carbocycles. The molecule has 0 amide bonds. The van der Waals surface area contributed by atoms with Crippen LogP contribution in [0.15, 0.2) is 28.3 Å². The van der Waals surface area contributed by atoms with E-state index in [1.54, 1.807) is 11.3 Å². The van der Waals surface area contributed by atoms with Gasteiger partial charge in [-0.1, -0.05) is 6.92 Å². The largest absolute Gasteiger partial charge is 0.361 e. The van der Waals surface area contributed by atoms with E-state index < -0.39 is 0 Å². The smallest absolute Gasteiger partial charge is 0.126 e. The second-order valence-electron chi connectivity index (χ2n) is 3.79. The van der Waals surface area contributed by atoms with Gasteiger partial charge in [0.15, 0.2) is 0 Å². The van der Waals surface area contributed by atoms with Gasteiger partial charge in [-0.2, -0.15) is 0 Å². The lowest BCUT2D eigenvalue weighted by Gasteiger charge is -2.15. The van der Waals surface area contributed by atoms with Crippen molar-refractivity contribution in [2.75, 3.05) is 5.32 Å². The van der Waals surface area contributed by atoms with E-state index in [0.29, 0.717) is 0 Å². The predicted molar refractivity (Wildman–Crippen MR) is 75.4 cm³/mol. The molecule has 0 radical (unpaired) electrons. The van der Waals surface area contributed by atoms with Gasteiger partial charge in [-0.05, 0) is 40.9 Å². The third-order valence-corrected chi connectivity index (χ3v) is 4.25. The molecule has 17 heavy (non-hydrogen) atoms. The second-order valence-corrected chi connectivity index (χ2v) is 5.57. The molecule has 1 atom stereocenters. The zero-order valence-corrected chi connectivity index (χ0v) is 12.2. The van der Waals surface area contributed by atoms with Crippen LogP contribution in [0.5, 0.6) is 0 Å². The Labute approximate surface area is 113 Å². The van der Waals surface area contributed by atoms with Gasteiger partial charge in [0.05, 0.1) is 6.04 Å². The van der Waals surface area contributed by atoms with Crippen molar-refractivity contribution in [3.05, 3.63) is 38.9 Å². The maximum Gasteiger partial charge on any atom is 0.126 e. The number of aryl methyl sites for hydroxylation is 1. The van der Waals surface area contributed by atoms with E-state index in [1.807, 2.05) is 23.8 Å². The third-order valence-electron chi connectivity index (χ3n) is 2.53. The summed E-state index contributed by atoms with van der Waals surface area (Å²) in [5.74, 6) is 0.896. The van der Waals surface area contributed by atoms with Crippen molar-refractivity contribution in [1.82, 2.24) is 9.97 Å². The predicted octanol–water partition coefficient (Wildman–Crippen LogP) is 4.17. The van der Waals surface area contributed by atoms with Crippen molar-refractivity contribution in [1.29, 1.82) is 0 Å². The molecule has 0 spiro atoms. The Kier molecular flexibility index (Phi) is 4.12. The van der Waals surface area contributed by atoms with Gasteiger partial charge in [0.2, 0.25) is 0 Å². The fourth-order valence-electron chi connectivity index (χ4n) is 1.54. The summed E-state index contributed by atoms with van der Waals surface area (Å²) in [6, 6.07) is 2.28. The van der Waals surface area contributed by atoms with Crippen molar-refractivity contribution in [2.45, 2.75) is 26.3 Å². The highest BCUT2D eigenvalue weighted by Crippen LogP contribution is 2.25. The van der Waals surface area contributed by atoms with E-state index in [1.165, 1.54) is 5.56 Å². The van der Waals surface area contributed by atoms with Crippen LogP contribution < -0.4 is 5.32 Å². The van der Waals surface area contributed by atoms with Gasteiger partial charge in [0, 0.05) is 22.2 Å². The maximum absolute atomic E-state index is 4.36. The SMILES string of the molecule is CCC(Nc1cc(C)c(Br)cn1)c1nccs1. The number of hydrogen-bond acceptors (Lipinski definition) is 4. The number of nitrogens with one attached hydrogen (secondary N) is 1. The summed E-state index contributed by atoms with van der Waals surface area (Å²) in [6.07, 6.45) is 4.65. The third kappa shape index (κ3) is 3.04. The van der Waals surface area contributed by atoms with Crippen LogP contribution in [0.25, 0.3) is 0 Å². The van der Waals surface area contributed by atoms with E-state index in [0.717, 1.165) is 21.7 Å². The quantitative estimate of drug-likeness (QED) is 0.920. The second kappa shape index (κ2) is 5.60. The Hall–Kier alpha value is -0.940. The van der Waals surface area contributed by atoms with Crippen LogP contribution >= 0.6 is 27.3 Å². The maximum atomic E-state index is 4.36. The van der Waals surface area contributed by atoms with Gasteiger partial charge in [-0.3, -0.25) is 0 Å². The number of pyridine rings is 1. The van der Waals surface area contributed by atoms with Gasteiger partial charge >= 0.3 is 0 Å². The summed E-state index contributed by atoms with van der Waals surface area (Å²) in [6.45, 7) is 4.20. The molecule has 0 saturated heterocycles. The molecule has 5 heteroatoms.